The molecule has 0 saturated carbocycles. The molecule has 7 nitrogen and oxygen atoms in total. The fourth-order valence-corrected chi connectivity index (χ4v) is 2.41. The Balaban J connectivity index is 2.04. The van der Waals surface area contributed by atoms with Crippen LogP contribution in [0.25, 0.3) is 11.5 Å². The van der Waals surface area contributed by atoms with Crippen LogP contribution in [0.15, 0.2) is 28.7 Å². The molecule has 124 valence electrons. The molecule has 0 aliphatic heterocycles. The number of aromatic carboxylic acids is 1. The topological polar surface area (TPSA) is 107 Å². The number of aromatic nitrogens is 1. The summed E-state index contributed by atoms with van der Waals surface area (Å²) < 4.78 is 32.0. The van der Waals surface area contributed by atoms with Crippen molar-refractivity contribution in [1.82, 2.24) is 4.98 Å². The van der Waals surface area contributed by atoms with Crippen LogP contribution in [-0.2, 0) is 20.7 Å². The molecule has 0 atom stereocenters. The van der Waals surface area contributed by atoms with Crippen molar-refractivity contribution in [2.45, 2.75) is 19.8 Å². The van der Waals surface area contributed by atoms with Gasteiger partial charge >= 0.3 is 5.97 Å². The number of rotatable bonds is 7. The quantitative estimate of drug-likeness (QED) is 0.609. The maximum absolute atomic E-state index is 10.9. The molecule has 0 amide bonds. The lowest BCUT2D eigenvalue weighted by molar-refractivity contribution is 0.0697. The number of benzene rings is 1. The molecule has 1 N–H and O–H groups in total. The third-order valence-corrected chi connectivity index (χ3v) is 3.72. The Hall–Kier alpha value is -2.19. The van der Waals surface area contributed by atoms with Gasteiger partial charge in [0, 0.05) is 5.56 Å². The summed E-state index contributed by atoms with van der Waals surface area (Å²) in [6, 6.07) is 6.23. The van der Waals surface area contributed by atoms with Crippen molar-refractivity contribution in [3.63, 3.8) is 0 Å². The highest BCUT2D eigenvalue weighted by Gasteiger charge is 2.12. The Bertz CT molecular complexity index is 792. The first-order valence-electron chi connectivity index (χ1n) is 6.91. The molecular formula is C15H17NO6S. The van der Waals surface area contributed by atoms with Gasteiger partial charge in [0.2, 0.25) is 5.89 Å². The van der Waals surface area contributed by atoms with E-state index >= 15 is 0 Å². The third kappa shape index (κ3) is 4.90. The molecule has 8 heteroatoms. The highest BCUT2D eigenvalue weighted by atomic mass is 32.2. The van der Waals surface area contributed by atoms with Crippen molar-refractivity contribution in [3.8, 4) is 11.5 Å². The summed E-state index contributed by atoms with van der Waals surface area (Å²) in [5.74, 6) is 0.0480. The number of carboxylic acids is 1. The molecule has 0 unspecified atom stereocenters. The second kappa shape index (κ2) is 6.93. The highest BCUT2D eigenvalue weighted by molar-refractivity contribution is 7.85. The van der Waals surface area contributed by atoms with Gasteiger partial charge in [-0.05, 0) is 44.0 Å². The van der Waals surface area contributed by atoms with Crippen LogP contribution in [0.4, 0.5) is 0 Å². The standard InChI is InChI=1S/C15H17NO6S/c1-10-13(4-3-9-21-23(2,19)20)16-14(22-10)11-5-7-12(8-6-11)15(17)18/h5-8H,3-4,9H2,1-2H3,(H,17,18). The van der Waals surface area contributed by atoms with E-state index in [2.05, 4.69) is 9.17 Å². The molecule has 0 radical (unpaired) electrons. The summed E-state index contributed by atoms with van der Waals surface area (Å²) >= 11 is 0. The Morgan fingerprint density at radius 1 is 1.30 bits per heavy atom. The van der Waals surface area contributed by atoms with Crippen LogP contribution >= 0.6 is 0 Å². The first-order valence-corrected chi connectivity index (χ1v) is 8.72. The number of carbonyl (C=O) groups is 1. The molecule has 0 fully saturated rings. The van der Waals surface area contributed by atoms with Gasteiger partial charge in [0.25, 0.3) is 10.1 Å². The van der Waals surface area contributed by atoms with Gasteiger partial charge in [0.1, 0.15) is 5.76 Å². The summed E-state index contributed by atoms with van der Waals surface area (Å²) in [6.07, 6.45) is 2.03. The van der Waals surface area contributed by atoms with E-state index in [0.29, 0.717) is 30.1 Å². The fourth-order valence-electron chi connectivity index (χ4n) is 1.99. The van der Waals surface area contributed by atoms with Crippen molar-refractivity contribution in [1.29, 1.82) is 0 Å². The largest absolute Gasteiger partial charge is 0.478 e. The van der Waals surface area contributed by atoms with Gasteiger partial charge in [-0.25, -0.2) is 9.78 Å². The van der Waals surface area contributed by atoms with E-state index in [9.17, 15) is 13.2 Å². The van der Waals surface area contributed by atoms with E-state index in [0.717, 1.165) is 11.9 Å². The van der Waals surface area contributed by atoms with Crippen LogP contribution in [0, 0.1) is 6.92 Å². The van der Waals surface area contributed by atoms with Crippen LogP contribution in [0.5, 0.6) is 0 Å². The molecule has 1 heterocycles. The van der Waals surface area contributed by atoms with Crippen molar-refractivity contribution < 1.29 is 26.9 Å². The number of hydrogen-bond donors (Lipinski definition) is 1. The summed E-state index contributed by atoms with van der Waals surface area (Å²) in [6.45, 7) is 1.86. The molecule has 0 spiro atoms. The zero-order chi connectivity index (χ0) is 17.0. The number of nitrogens with zero attached hydrogens (tertiary/aromatic N) is 1. The smallest absolute Gasteiger partial charge is 0.335 e. The molecule has 2 aromatic rings. The lowest BCUT2D eigenvalue weighted by atomic mass is 10.1. The van der Waals surface area contributed by atoms with E-state index in [1.54, 1.807) is 19.1 Å². The Labute approximate surface area is 134 Å². The number of hydrogen-bond acceptors (Lipinski definition) is 6. The second-order valence-electron chi connectivity index (χ2n) is 5.03. The lowest BCUT2D eigenvalue weighted by Crippen LogP contribution is -2.05. The molecule has 0 saturated heterocycles. The van der Waals surface area contributed by atoms with Crippen molar-refractivity contribution >= 4 is 16.1 Å². The van der Waals surface area contributed by atoms with Gasteiger partial charge in [-0.2, -0.15) is 8.42 Å². The lowest BCUT2D eigenvalue weighted by Gasteiger charge is -1.99. The molecule has 0 aliphatic carbocycles. The van der Waals surface area contributed by atoms with Crippen LogP contribution in [0.1, 0.15) is 28.2 Å². The Morgan fingerprint density at radius 3 is 2.52 bits per heavy atom. The highest BCUT2D eigenvalue weighted by Crippen LogP contribution is 2.23. The predicted octanol–water partition coefficient (Wildman–Crippen LogP) is 2.26. The minimum atomic E-state index is -3.43. The number of carboxylic acid groups (broad SMARTS) is 1. The summed E-state index contributed by atoms with van der Waals surface area (Å²) in [5, 5.41) is 8.88. The average Bonchev–Trinajstić information content (AvgIpc) is 2.84. The molecule has 0 bridgehead atoms. The van der Waals surface area contributed by atoms with Gasteiger partial charge in [-0.1, -0.05) is 0 Å². The number of aryl methyl sites for hydroxylation is 2. The minimum absolute atomic E-state index is 0.0910. The van der Waals surface area contributed by atoms with Gasteiger partial charge in [0.15, 0.2) is 0 Å². The van der Waals surface area contributed by atoms with Gasteiger partial charge in [-0.15, -0.1) is 0 Å². The monoisotopic (exact) mass is 339 g/mol. The van der Waals surface area contributed by atoms with Crippen LogP contribution in [0.2, 0.25) is 0 Å². The summed E-state index contributed by atoms with van der Waals surface area (Å²) in [7, 11) is -3.43. The normalized spacial score (nSPS) is 11.6. The van der Waals surface area contributed by atoms with Gasteiger partial charge in [0.05, 0.1) is 24.1 Å². The Morgan fingerprint density at radius 2 is 1.96 bits per heavy atom. The van der Waals surface area contributed by atoms with E-state index in [-0.39, 0.29) is 12.2 Å². The van der Waals surface area contributed by atoms with E-state index in [1.165, 1.54) is 12.1 Å². The molecule has 1 aromatic heterocycles. The maximum Gasteiger partial charge on any atom is 0.335 e. The molecular weight excluding hydrogens is 322 g/mol. The number of oxazole rings is 1. The molecule has 23 heavy (non-hydrogen) atoms. The summed E-state index contributed by atoms with van der Waals surface area (Å²) in [4.78, 5) is 15.2. The van der Waals surface area contributed by atoms with Crippen molar-refractivity contribution in [2.24, 2.45) is 0 Å². The third-order valence-electron chi connectivity index (χ3n) is 3.13. The van der Waals surface area contributed by atoms with Crippen molar-refractivity contribution in [2.75, 3.05) is 12.9 Å². The van der Waals surface area contributed by atoms with Gasteiger partial charge in [-0.3, -0.25) is 4.18 Å². The summed E-state index contributed by atoms with van der Waals surface area (Å²) in [5.41, 5.74) is 1.59. The second-order valence-corrected chi connectivity index (χ2v) is 6.68. The average molecular weight is 339 g/mol. The maximum atomic E-state index is 10.9. The first kappa shape index (κ1) is 17.2. The Kier molecular flexibility index (Phi) is 5.17. The van der Waals surface area contributed by atoms with Crippen LogP contribution in [-0.4, -0.2) is 37.3 Å². The van der Waals surface area contributed by atoms with Crippen molar-refractivity contribution in [3.05, 3.63) is 41.3 Å². The zero-order valence-electron chi connectivity index (χ0n) is 12.8. The van der Waals surface area contributed by atoms with E-state index in [4.69, 9.17) is 9.52 Å². The van der Waals surface area contributed by atoms with Crippen LogP contribution in [0.3, 0.4) is 0 Å². The molecule has 0 aliphatic rings. The van der Waals surface area contributed by atoms with Gasteiger partial charge < -0.3 is 9.52 Å². The first-order chi connectivity index (χ1) is 10.8. The minimum Gasteiger partial charge on any atom is -0.478 e. The van der Waals surface area contributed by atoms with E-state index in [1.807, 2.05) is 0 Å². The molecule has 1 aromatic carbocycles. The predicted molar refractivity (Wildman–Crippen MR) is 82.8 cm³/mol. The van der Waals surface area contributed by atoms with Crippen LogP contribution < -0.4 is 0 Å². The SMILES string of the molecule is Cc1oc(-c2ccc(C(=O)O)cc2)nc1CCCOS(C)(=O)=O. The fraction of sp³-hybridized carbons (Fsp3) is 0.333. The molecule has 2 rings (SSSR count). The zero-order valence-corrected chi connectivity index (χ0v) is 13.6. The van der Waals surface area contributed by atoms with E-state index < -0.39 is 16.1 Å².